The summed E-state index contributed by atoms with van der Waals surface area (Å²) in [4.78, 5) is 71.2. The largest absolute Gasteiger partial charge is 0.370 e. The Bertz CT molecular complexity index is 1910. The van der Waals surface area contributed by atoms with E-state index in [1.165, 1.54) is 11.8 Å². The Labute approximate surface area is 331 Å². The maximum atomic E-state index is 14.0. The number of carbonyl (C=O) groups is 5. The van der Waals surface area contributed by atoms with E-state index in [4.69, 9.17) is 17.2 Å². The second kappa shape index (κ2) is 22.3. The molecule has 0 aliphatic heterocycles. The van der Waals surface area contributed by atoms with Gasteiger partial charge in [0.05, 0.1) is 6.42 Å². The summed E-state index contributed by atoms with van der Waals surface area (Å²) in [5, 5.41) is 11.1. The van der Waals surface area contributed by atoms with Gasteiger partial charge in [0.25, 0.3) is 0 Å². The predicted molar refractivity (Wildman–Crippen MR) is 221 cm³/mol. The van der Waals surface area contributed by atoms with Gasteiger partial charge in [-0.1, -0.05) is 115 Å². The molecule has 0 aliphatic rings. The number of rotatable bonds is 21. The van der Waals surface area contributed by atoms with Crippen LogP contribution in [-0.4, -0.2) is 78.2 Å². The Kier molecular flexibility index (Phi) is 16.9. The van der Waals surface area contributed by atoms with Crippen LogP contribution < -0.4 is 38.5 Å². The van der Waals surface area contributed by atoms with E-state index >= 15 is 0 Å². The first-order chi connectivity index (χ1) is 27.0. The summed E-state index contributed by atoms with van der Waals surface area (Å²) in [6, 6.07) is 31.4. The standard InChI is InChI=1S/C42H50N8O5S/c1-56-27-36(47-37(51)26-30-19-21-32(22-20-30)31-16-9-4-10-17-31)41(55)48-33(18-11-23-46-42(44)45)39(53)50-35(25-29-14-7-3-8-15-29)40(54)49-34(38(43)52)24-28-12-5-2-6-13-28/h2-10,12-17,19-22,33-36H,11,18,23-27H2,1H3,(H2,43,52)(H,47,51)(H,48,55)(H,49,54)(H,50,53)(H4,44,45,46)/t33-,34+,35+,36+/m1/s1. The second-order valence-corrected chi connectivity index (χ2v) is 14.1. The zero-order chi connectivity index (χ0) is 40.3. The summed E-state index contributed by atoms with van der Waals surface area (Å²) in [5.41, 5.74) is 21.1. The van der Waals surface area contributed by atoms with Gasteiger partial charge in [-0.15, -0.1) is 0 Å². The first-order valence-electron chi connectivity index (χ1n) is 18.3. The summed E-state index contributed by atoms with van der Waals surface area (Å²) in [6.07, 6.45) is 2.51. The number of aliphatic imine (C=N–C) groups is 1. The molecule has 0 saturated heterocycles. The lowest BCUT2D eigenvalue weighted by Gasteiger charge is -2.26. The number of primary amides is 1. The molecule has 0 heterocycles. The molecule has 0 bridgehead atoms. The molecule has 4 aromatic carbocycles. The fourth-order valence-electron chi connectivity index (χ4n) is 5.95. The van der Waals surface area contributed by atoms with Crippen molar-refractivity contribution in [3.63, 3.8) is 0 Å². The molecule has 0 aliphatic carbocycles. The summed E-state index contributed by atoms with van der Waals surface area (Å²) >= 11 is 1.36. The third kappa shape index (κ3) is 14.3. The third-order valence-electron chi connectivity index (χ3n) is 8.85. The molecule has 13 nitrogen and oxygen atoms in total. The lowest BCUT2D eigenvalue weighted by atomic mass is 10.0. The van der Waals surface area contributed by atoms with Gasteiger partial charge < -0.3 is 38.5 Å². The highest BCUT2D eigenvalue weighted by molar-refractivity contribution is 7.98. The molecule has 10 N–H and O–H groups in total. The van der Waals surface area contributed by atoms with Crippen molar-refractivity contribution in [1.82, 2.24) is 21.3 Å². The number of amides is 5. The number of thioether (sulfide) groups is 1. The second-order valence-electron chi connectivity index (χ2n) is 13.2. The maximum absolute atomic E-state index is 14.0. The van der Waals surface area contributed by atoms with Gasteiger partial charge in [-0.3, -0.25) is 29.0 Å². The van der Waals surface area contributed by atoms with E-state index in [1.54, 1.807) is 18.4 Å². The van der Waals surface area contributed by atoms with E-state index < -0.39 is 47.8 Å². The van der Waals surface area contributed by atoms with E-state index in [9.17, 15) is 24.0 Å². The van der Waals surface area contributed by atoms with Crippen LogP contribution >= 0.6 is 11.8 Å². The van der Waals surface area contributed by atoms with Crippen LogP contribution in [0.3, 0.4) is 0 Å². The molecule has 0 spiro atoms. The molecule has 4 aromatic rings. The quantitative estimate of drug-likeness (QED) is 0.0377. The topological polar surface area (TPSA) is 224 Å². The third-order valence-corrected chi connectivity index (χ3v) is 9.51. The van der Waals surface area contributed by atoms with Gasteiger partial charge in [0, 0.05) is 25.1 Å². The number of nitrogens with zero attached hydrogens (tertiary/aromatic N) is 1. The number of benzene rings is 4. The average Bonchev–Trinajstić information content (AvgIpc) is 3.19. The fraction of sp³-hybridized carbons (Fsp3) is 0.286. The van der Waals surface area contributed by atoms with Crippen LogP contribution in [0.1, 0.15) is 29.5 Å². The molecule has 0 saturated carbocycles. The summed E-state index contributed by atoms with van der Waals surface area (Å²) in [6.45, 7) is 0.184. The molecule has 0 fully saturated rings. The van der Waals surface area contributed by atoms with Crippen LogP contribution in [0.25, 0.3) is 11.1 Å². The van der Waals surface area contributed by atoms with Crippen LogP contribution in [0.4, 0.5) is 0 Å². The van der Waals surface area contributed by atoms with Crippen molar-refractivity contribution in [2.45, 2.75) is 56.3 Å². The van der Waals surface area contributed by atoms with Gasteiger partial charge >= 0.3 is 0 Å². The molecular formula is C42H50N8O5S. The smallest absolute Gasteiger partial charge is 0.244 e. The highest BCUT2D eigenvalue weighted by Crippen LogP contribution is 2.19. The monoisotopic (exact) mass is 778 g/mol. The van der Waals surface area contributed by atoms with Gasteiger partial charge in [0.1, 0.15) is 24.2 Å². The Morgan fingerprint density at radius 1 is 0.571 bits per heavy atom. The van der Waals surface area contributed by atoms with Crippen molar-refractivity contribution in [1.29, 1.82) is 0 Å². The highest BCUT2D eigenvalue weighted by atomic mass is 32.2. The van der Waals surface area contributed by atoms with Gasteiger partial charge in [-0.2, -0.15) is 11.8 Å². The minimum Gasteiger partial charge on any atom is -0.370 e. The number of carbonyl (C=O) groups excluding carboxylic acids is 5. The molecule has 56 heavy (non-hydrogen) atoms. The molecule has 5 amide bonds. The minimum atomic E-state index is -1.14. The Balaban J connectivity index is 1.48. The Hall–Kier alpha value is -6.15. The summed E-state index contributed by atoms with van der Waals surface area (Å²) < 4.78 is 0. The van der Waals surface area contributed by atoms with E-state index in [1.807, 2.05) is 103 Å². The van der Waals surface area contributed by atoms with Crippen LogP contribution in [0, 0.1) is 0 Å². The van der Waals surface area contributed by atoms with Gasteiger partial charge in [0.15, 0.2) is 5.96 Å². The average molecular weight is 779 g/mol. The van der Waals surface area contributed by atoms with Crippen molar-refractivity contribution < 1.29 is 24.0 Å². The first kappa shape index (κ1) is 42.6. The summed E-state index contributed by atoms with van der Waals surface area (Å²) in [7, 11) is 0. The van der Waals surface area contributed by atoms with Crippen LogP contribution in [0.5, 0.6) is 0 Å². The van der Waals surface area contributed by atoms with Crippen molar-refractivity contribution in [3.05, 3.63) is 132 Å². The lowest BCUT2D eigenvalue weighted by Crippen LogP contribution is -2.59. The van der Waals surface area contributed by atoms with Crippen molar-refractivity contribution in [3.8, 4) is 11.1 Å². The minimum absolute atomic E-state index is 0.0442. The molecule has 4 atom stereocenters. The molecule has 294 valence electrons. The van der Waals surface area contributed by atoms with Crippen molar-refractivity contribution in [2.75, 3.05) is 18.6 Å². The predicted octanol–water partition coefficient (Wildman–Crippen LogP) is 2.22. The van der Waals surface area contributed by atoms with Gasteiger partial charge in [-0.25, -0.2) is 0 Å². The maximum Gasteiger partial charge on any atom is 0.244 e. The molecular weight excluding hydrogens is 729 g/mol. The highest BCUT2D eigenvalue weighted by Gasteiger charge is 2.31. The van der Waals surface area contributed by atoms with Crippen molar-refractivity contribution >= 4 is 47.3 Å². The Morgan fingerprint density at radius 3 is 1.61 bits per heavy atom. The first-order valence-corrected chi connectivity index (χ1v) is 19.7. The van der Waals surface area contributed by atoms with Gasteiger partial charge in [-0.05, 0) is 46.9 Å². The van der Waals surface area contributed by atoms with Crippen LogP contribution in [0.2, 0.25) is 0 Å². The van der Waals surface area contributed by atoms with E-state index in [0.717, 1.165) is 27.8 Å². The van der Waals surface area contributed by atoms with E-state index in [-0.39, 0.29) is 49.8 Å². The normalized spacial score (nSPS) is 12.9. The number of hydrogen-bond acceptors (Lipinski definition) is 7. The van der Waals surface area contributed by atoms with Gasteiger partial charge in [0.2, 0.25) is 29.5 Å². The molecule has 0 aromatic heterocycles. The Morgan fingerprint density at radius 2 is 1.05 bits per heavy atom. The number of guanidine groups is 1. The number of hydrogen-bond donors (Lipinski definition) is 7. The molecule has 0 unspecified atom stereocenters. The SMILES string of the molecule is CSC[C@H](NC(=O)Cc1ccc(-c2ccccc2)cc1)C(=O)N[C@H](CCCN=C(N)N)C(=O)N[C@@H](Cc1ccccc1)C(=O)N[C@@H](Cc1ccccc1)C(N)=O. The molecule has 4 rings (SSSR count). The van der Waals surface area contributed by atoms with Crippen molar-refractivity contribution in [2.24, 2.45) is 22.2 Å². The lowest BCUT2D eigenvalue weighted by molar-refractivity contribution is -0.134. The van der Waals surface area contributed by atoms with Crippen LogP contribution in [-0.2, 0) is 43.2 Å². The number of nitrogens with two attached hydrogens (primary N) is 3. The zero-order valence-corrected chi connectivity index (χ0v) is 32.2. The molecule has 14 heteroatoms. The fourth-order valence-corrected chi connectivity index (χ4v) is 6.51. The zero-order valence-electron chi connectivity index (χ0n) is 31.4. The number of nitrogens with one attached hydrogen (secondary N) is 4. The van der Waals surface area contributed by atoms with E-state index in [0.29, 0.717) is 6.42 Å². The van der Waals surface area contributed by atoms with E-state index in [2.05, 4.69) is 26.3 Å². The van der Waals surface area contributed by atoms with Crippen LogP contribution in [0.15, 0.2) is 120 Å². The molecule has 0 radical (unpaired) electrons. The summed E-state index contributed by atoms with van der Waals surface area (Å²) in [5.74, 6) is -2.83.